The summed E-state index contributed by atoms with van der Waals surface area (Å²) in [7, 11) is 0. The smallest absolute Gasteiger partial charge is 0.303 e. The van der Waals surface area contributed by atoms with Crippen LogP contribution in [0.25, 0.3) is 0 Å². The van der Waals surface area contributed by atoms with Crippen molar-refractivity contribution in [3.63, 3.8) is 0 Å². The van der Waals surface area contributed by atoms with Crippen molar-refractivity contribution in [2.45, 2.75) is 70.5 Å². The molecule has 1 N–H and O–H groups in total. The Balaban J connectivity index is 1.83. The maximum absolute atomic E-state index is 10.3. The van der Waals surface area contributed by atoms with E-state index in [0.717, 1.165) is 71.0 Å². The van der Waals surface area contributed by atoms with E-state index in [1.54, 1.807) is 0 Å². The van der Waals surface area contributed by atoms with E-state index in [1.165, 1.54) is 0 Å². The number of carbonyl (C=O) groups is 1. The van der Waals surface area contributed by atoms with Crippen LogP contribution < -0.4 is 0 Å². The summed E-state index contributed by atoms with van der Waals surface area (Å²) in [5, 5.41) is 8.48. The first-order chi connectivity index (χ1) is 9.79. The standard InChI is InChI=1S/C16H26O4/c17-15(18)11-8-6-4-2-1-3-5-7-9-12-16-19-13-10-14-20-16/h16H,3-14H2,(H,17,18). The number of unbranched alkanes of at least 4 members (excludes halogenated alkanes) is 5. The summed E-state index contributed by atoms with van der Waals surface area (Å²) < 4.78 is 11.0. The number of carboxylic acid groups (broad SMARTS) is 1. The second kappa shape index (κ2) is 11.7. The molecule has 0 aliphatic carbocycles. The van der Waals surface area contributed by atoms with Gasteiger partial charge in [-0.1, -0.05) is 6.42 Å². The fraction of sp³-hybridized carbons (Fsp3) is 0.812. The summed E-state index contributed by atoms with van der Waals surface area (Å²) >= 11 is 0. The second-order valence-corrected chi connectivity index (χ2v) is 5.08. The van der Waals surface area contributed by atoms with Crippen LogP contribution in [0.3, 0.4) is 0 Å². The molecule has 0 unspecified atom stereocenters. The van der Waals surface area contributed by atoms with Gasteiger partial charge in [0.25, 0.3) is 0 Å². The molecule has 1 aliphatic rings. The highest BCUT2D eigenvalue weighted by Crippen LogP contribution is 2.13. The van der Waals surface area contributed by atoms with E-state index < -0.39 is 5.97 Å². The lowest BCUT2D eigenvalue weighted by atomic mass is 10.1. The molecule has 1 rings (SSSR count). The number of rotatable bonds is 9. The van der Waals surface area contributed by atoms with Gasteiger partial charge >= 0.3 is 5.97 Å². The maximum Gasteiger partial charge on any atom is 0.303 e. The Bertz CT molecular complexity index is 310. The topological polar surface area (TPSA) is 55.8 Å². The summed E-state index contributed by atoms with van der Waals surface area (Å²) in [5.74, 6) is 5.54. The molecule has 1 aliphatic heterocycles. The van der Waals surface area contributed by atoms with Crippen molar-refractivity contribution in [3.05, 3.63) is 0 Å². The first-order valence-corrected chi connectivity index (χ1v) is 7.70. The van der Waals surface area contributed by atoms with Crippen LogP contribution >= 0.6 is 0 Å². The molecule has 1 fully saturated rings. The molecule has 4 heteroatoms. The highest BCUT2D eigenvalue weighted by atomic mass is 16.7. The van der Waals surface area contributed by atoms with Crippen LogP contribution in [0.4, 0.5) is 0 Å². The highest BCUT2D eigenvalue weighted by Gasteiger charge is 2.12. The van der Waals surface area contributed by atoms with Gasteiger partial charge in [-0.2, -0.15) is 0 Å². The van der Waals surface area contributed by atoms with Crippen molar-refractivity contribution >= 4 is 5.97 Å². The van der Waals surface area contributed by atoms with Gasteiger partial charge in [-0.05, 0) is 38.5 Å². The average Bonchev–Trinajstić information content (AvgIpc) is 2.45. The lowest BCUT2D eigenvalue weighted by Crippen LogP contribution is -2.24. The predicted molar refractivity (Wildman–Crippen MR) is 77.3 cm³/mol. The molecule has 114 valence electrons. The summed E-state index contributed by atoms with van der Waals surface area (Å²) in [4.78, 5) is 10.3. The zero-order valence-corrected chi connectivity index (χ0v) is 12.2. The fourth-order valence-electron chi connectivity index (χ4n) is 2.07. The molecular weight excluding hydrogens is 256 g/mol. The molecular formula is C16H26O4. The van der Waals surface area contributed by atoms with Crippen molar-refractivity contribution in [1.82, 2.24) is 0 Å². The van der Waals surface area contributed by atoms with Gasteiger partial charge in [0.15, 0.2) is 6.29 Å². The molecule has 0 bridgehead atoms. The number of aliphatic carboxylic acids is 1. The molecule has 0 aromatic carbocycles. The molecule has 1 saturated heterocycles. The zero-order valence-electron chi connectivity index (χ0n) is 12.2. The monoisotopic (exact) mass is 282 g/mol. The number of carboxylic acids is 1. The Hall–Kier alpha value is -1.05. The molecule has 20 heavy (non-hydrogen) atoms. The SMILES string of the molecule is O=C(O)CCCCC#CCCCCCC1OCCCO1. The van der Waals surface area contributed by atoms with Crippen molar-refractivity contribution in [2.24, 2.45) is 0 Å². The predicted octanol–water partition coefficient (Wildman–Crippen LogP) is 3.35. The quantitative estimate of drug-likeness (QED) is 0.520. The van der Waals surface area contributed by atoms with Crippen LogP contribution in [0.2, 0.25) is 0 Å². The van der Waals surface area contributed by atoms with Crippen LogP contribution in [-0.2, 0) is 14.3 Å². The lowest BCUT2D eigenvalue weighted by Gasteiger charge is -2.22. The Morgan fingerprint density at radius 2 is 1.65 bits per heavy atom. The molecule has 0 radical (unpaired) electrons. The van der Waals surface area contributed by atoms with Crippen molar-refractivity contribution < 1.29 is 19.4 Å². The van der Waals surface area contributed by atoms with E-state index in [1.807, 2.05) is 0 Å². The molecule has 1 heterocycles. The van der Waals surface area contributed by atoms with Gasteiger partial charge in [-0.3, -0.25) is 4.79 Å². The lowest BCUT2D eigenvalue weighted by molar-refractivity contribution is -0.181. The minimum Gasteiger partial charge on any atom is -0.481 e. The first-order valence-electron chi connectivity index (χ1n) is 7.70. The molecule has 0 atom stereocenters. The van der Waals surface area contributed by atoms with Crippen molar-refractivity contribution in [2.75, 3.05) is 13.2 Å². The van der Waals surface area contributed by atoms with E-state index in [4.69, 9.17) is 14.6 Å². The van der Waals surface area contributed by atoms with Gasteiger partial charge in [0.1, 0.15) is 0 Å². The fourth-order valence-corrected chi connectivity index (χ4v) is 2.07. The van der Waals surface area contributed by atoms with Gasteiger partial charge < -0.3 is 14.6 Å². The minimum absolute atomic E-state index is 0.0177. The van der Waals surface area contributed by atoms with E-state index in [9.17, 15) is 4.79 Å². The normalized spacial score (nSPS) is 15.6. The Kier molecular flexibility index (Phi) is 9.99. The Morgan fingerprint density at radius 3 is 2.30 bits per heavy atom. The summed E-state index contributed by atoms with van der Waals surface area (Å²) in [5.41, 5.74) is 0. The van der Waals surface area contributed by atoms with Gasteiger partial charge in [-0.25, -0.2) is 0 Å². The van der Waals surface area contributed by atoms with Crippen molar-refractivity contribution in [3.8, 4) is 11.8 Å². The second-order valence-electron chi connectivity index (χ2n) is 5.08. The third-order valence-corrected chi connectivity index (χ3v) is 3.21. The number of hydrogen-bond donors (Lipinski definition) is 1. The molecule has 0 aromatic rings. The third-order valence-electron chi connectivity index (χ3n) is 3.21. The molecule has 0 spiro atoms. The van der Waals surface area contributed by atoms with Crippen molar-refractivity contribution in [1.29, 1.82) is 0 Å². The Labute approximate surface area is 121 Å². The van der Waals surface area contributed by atoms with Gasteiger partial charge in [0, 0.05) is 19.3 Å². The highest BCUT2D eigenvalue weighted by molar-refractivity contribution is 5.66. The molecule has 0 aromatic heterocycles. The minimum atomic E-state index is -0.719. The van der Waals surface area contributed by atoms with Gasteiger partial charge in [0.2, 0.25) is 0 Å². The average molecular weight is 282 g/mol. The third kappa shape index (κ3) is 9.82. The molecule has 0 saturated carbocycles. The summed E-state index contributed by atoms with van der Waals surface area (Å²) in [6.07, 6.45) is 9.05. The summed E-state index contributed by atoms with van der Waals surface area (Å²) in [6.45, 7) is 1.66. The van der Waals surface area contributed by atoms with E-state index >= 15 is 0 Å². The summed E-state index contributed by atoms with van der Waals surface area (Å²) in [6, 6.07) is 0. The largest absolute Gasteiger partial charge is 0.481 e. The number of ether oxygens (including phenoxy) is 2. The van der Waals surface area contributed by atoms with Crippen LogP contribution in [0.15, 0.2) is 0 Å². The van der Waals surface area contributed by atoms with Crippen LogP contribution in [0.5, 0.6) is 0 Å². The first kappa shape index (κ1) is 17.0. The number of hydrogen-bond acceptors (Lipinski definition) is 3. The van der Waals surface area contributed by atoms with Crippen LogP contribution in [0, 0.1) is 11.8 Å². The Morgan fingerprint density at radius 1 is 1.00 bits per heavy atom. The molecule has 0 amide bonds. The molecule has 4 nitrogen and oxygen atoms in total. The van der Waals surface area contributed by atoms with Gasteiger partial charge in [0.05, 0.1) is 13.2 Å². The van der Waals surface area contributed by atoms with E-state index in [0.29, 0.717) is 0 Å². The van der Waals surface area contributed by atoms with Crippen LogP contribution in [0.1, 0.15) is 64.2 Å². The van der Waals surface area contributed by atoms with E-state index in [2.05, 4.69) is 11.8 Å². The van der Waals surface area contributed by atoms with Gasteiger partial charge in [-0.15, -0.1) is 11.8 Å². The van der Waals surface area contributed by atoms with Crippen LogP contribution in [-0.4, -0.2) is 30.6 Å². The zero-order chi connectivity index (χ0) is 14.5. The van der Waals surface area contributed by atoms with E-state index in [-0.39, 0.29) is 12.7 Å². The maximum atomic E-state index is 10.3.